The van der Waals surface area contributed by atoms with E-state index in [0.717, 1.165) is 11.3 Å². The predicted octanol–water partition coefficient (Wildman–Crippen LogP) is 3.17. The van der Waals surface area contributed by atoms with Crippen LogP contribution in [0.2, 0.25) is 24.4 Å². The van der Waals surface area contributed by atoms with Crippen molar-refractivity contribution in [1.82, 2.24) is 0 Å². The van der Waals surface area contributed by atoms with Crippen molar-refractivity contribution < 1.29 is 0 Å². The van der Waals surface area contributed by atoms with Gasteiger partial charge in [0.25, 0.3) is 0 Å². The molecule has 0 aliphatic carbocycles. The van der Waals surface area contributed by atoms with Crippen LogP contribution in [0.5, 0.6) is 0 Å². The summed E-state index contributed by atoms with van der Waals surface area (Å²) < 4.78 is 0. The average Bonchev–Trinajstić information content (AvgIpc) is 1.53. The standard InChI is InChI=1S/C4H12Cl4Si3/c1-9(5)3-11(7,8)4-10(2)6/h9-10H,3-4H2,1-2H3. The van der Waals surface area contributed by atoms with Gasteiger partial charge in [-0.2, -0.15) is 22.2 Å². The van der Waals surface area contributed by atoms with Crippen molar-refractivity contribution in [2.24, 2.45) is 0 Å². The van der Waals surface area contributed by atoms with Crippen molar-refractivity contribution in [1.29, 1.82) is 0 Å². The zero-order chi connectivity index (χ0) is 9.07. The molecule has 2 atom stereocenters. The Kier molecular flexibility index (Phi) is 6.43. The molecule has 0 saturated heterocycles. The molecular weight excluding hydrogens is 274 g/mol. The molecule has 0 N–H and O–H groups in total. The van der Waals surface area contributed by atoms with Crippen LogP contribution in [0.3, 0.4) is 0 Å². The Morgan fingerprint density at radius 3 is 1.45 bits per heavy atom. The maximum atomic E-state index is 6.13. The van der Waals surface area contributed by atoms with Gasteiger partial charge in [0.05, 0.1) is 0 Å². The normalized spacial score (nSPS) is 18.0. The summed E-state index contributed by atoms with van der Waals surface area (Å²) in [6, 6.07) is 0. The third-order valence-corrected chi connectivity index (χ3v) is 18.8. The molecular formula is C4H12Cl4Si3. The van der Waals surface area contributed by atoms with Crippen LogP contribution in [0, 0.1) is 0 Å². The molecule has 0 rings (SSSR count). The second-order valence-electron chi connectivity index (χ2n) is 2.83. The minimum absolute atomic E-state index is 0.877. The van der Waals surface area contributed by atoms with Crippen LogP contribution in [0.15, 0.2) is 0 Å². The summed E-state index contributed by atoms with van der Waals surface area (Å²) in [4.78, 5) is 0. The van der Waals surface area contributed by atoms with E-state index in [-0.39, 0.29) is 0 Å². The fraction of sp³-hybridized carbons (Fsp3) is 1.00. The molecule has 0 aromatic heterocycles. The van der Waals surface area contributed by atoms with Gasteiger partial charge in [-0.25, -0.2) is 0 Å². The molecule has 0 heterocycles. The Hall–Kier alpha value is 1.81. The fourth-order valence-corrected chi connectivity index (χ4v) is 25.6. The molecule has 0 aromatic carbocycles. The maximum Gasteiger partial charge on any atom is 0.248 e. The summed E-state index contributed by atoms with van der Waals surface area (Å²) in [6.07, 6.45) is 0. The first-order chi connectivity index (χ1) is 4.83. The van der Waals surface area contributed by atoms with Gasteiger partial charge in [0.2, 0.25) is 6.69 Å². The Balaban J connectivity index is 3.79. The lowest BCUT2D eigenvalue weighted by molar-refractivity contribution is 1.75. The molecule has 11 heavy (non-hydrogen) atoms. The third kappa shape index (κ3) is 8.15. The molecule has 0 radical (unpaired) electrons. The summed E-state index contributed by atoms with van der Waals surface area (Å²) in [5.74, 6) is 0. The summed E-state index contributed by atoms with van der Waals surface area (Å²) in [6.45, 7) is 2.07. The maximum absolute atomic E-state index is 6.13. The van der Waals surface area contributed by atoms with E-state index in [9.17, 15) is 0 Å². The lowest BCUT2D eigenvalue weighted by atomic mass is 11.8. The van der Waals surface area contributed by atoms with Crippen LogP contribution in [0.1, 0.15) is 0 Å². The van der Waals surface area contributed by atoms with E-state index in [4.69, 9.17) is 44.3 Å². The molecule has 0 bridgehead atoms. The van der Waals surface area contributed by atoms with Gasteiger partial charge in [0.1, 0.15) is 16.2 Å². The van der Waals surface area contributed by atoms with Gasteiger partial charge in [-0.1, -0.05) is 13.1 Å². The average molecular weight is 286 g/mol. The van der Waals surface area contributed by atoms with E-state index >= 15 is 0 Å². The molecule has 0 fully saturated rings. The van der Waals surface area contributed by atoms with Gasteiger partial charge in [-0.15, -0.1) is 22.2 Å². The molecule has 2 unspecified atom stereocenters. The molecule has 0 amide bonds. The van der Waals surface area contributed by atoms with Gasteiger partial charge in [0, 0.05) is 0 Å². The highest BCUT2D eigenvalue weighted by molar-refractivity contribution is 7.51. The van der Waals surface area contributed by atoms with Crippen molar-refractivity contribution in [3.63, 3.8) is 0 Å². The molecule has 68 valence electrons. The summed E-state index contributed by atoms with van der Waals surface area (Å²) in [5.41, 5.74) is 1.75. The fourth-order valence-electron chi connectivity index (χ4n) is 0.906. The first-order valence-corrected chi connectivity index (χ1v) is 15.4. The quantitative estimate of drug-likeness (QED) is 0.550. The van der Waals surface area contributed by atoms with Gasteiger partial charge < -0.3 is 0 Å². The molecule has 0 nitrogen and oxygen atoms in total. The number of hydrogen-bond donors (Lipinski definition) is 0. The van der Waals surface area contributed by atoms with Crippen LogP contribution in [0.25, 0.3) is 0 Å². The summed E-state index contributed by atoms with van der Waals surface area (Å²) in [5, 5.41) is 0. The largest absolute Gasteiger partial charge is 0.248 e. The minimum atomic E-state index is -2.03. The van der Waals surface area contributed by atoms with Crippen LogP contribution >= 0.6 is 44.3 Å². The van der Waals surface area contributed by atoms with Crippen LogP contribution in [0.4, 0.5) is 0 Å². The Labute approximate surface area is 91.2 Å². The lowest BCUT2D eigenvalue weighted by Gasteiger charge is -2.17. The van der Waals surface area contributed by atoms with Gasteiger partial charge >= 0.3 is 0 Å². The predicted molar refractivity (Wildman–Crippen MR) is 64.8 cm³/mol. The van der Waals surface area contributed by atoms with Crippen LogP contribution in [-0.2, 0) is 0 Å². The SMILES string of the molecule is C[SiH](Cl)C[Si](Cl)(Cl)C[SiH](C)Cl. The van der Waals surface area contributed by atoms with Crippen molar-refractivity contribution in [3.05, 3.63) is 0 Å². The second kappa shape index (κ2) is 5.52. The van der Waals surface area contributed by atoms with Crippen LogP contribution < -0.4 is 0 Å². The van der Waals surface area contributed by atoms with Gasteiger partial charge in [-0.05, 0) is 11.3 Å². The number of hydrogen-bond acceptors (Lipinski definition) is 0. The van der Waals surface area contributed by atoms with Gasteiger partial charge in [0.15, 0.2) is 0 Å². The summed E-state index contributed by atoms with van der Waals surface area (Å²) in [7, 11) is -2.24. The highest BCUT2D eigenvalue weighted by atomic mass is 35.7. The first-order valence-electron chi connectivity index (χ1n) is 3.49. The molecule has 0 aliphatic heterocycles. The van der Waals surface area contributed by atoms with Gasteiger partial charge in [-0.3, -0.25) is 0 Å². The molecule has 0 aliphatic rings. The van der Waals surface area contributed by atoms with E-state index in [2.05, 4.69) is 13.1 Å². The van der Waals surface area contributed by atoms with E-state index < -0.39 is 22.9 Å². The van der Waals surface area contributed by atoms with E-state index in [1.54, 1.807) is 0 Å². The van der Waals surface area contributed by atoms with E-state index in [1.807, 2.05) is 0 Å². The van der Waals surface area contributed by atoms with E-state index in [1.165, 1.54) is 0 Å². The van der Waals surface area contributed by atoms with Crippen molar-refractivity contribution in [3.8, 4) is 0 Å². The Bertz CT molecular complexity index is 104. The van der Waals surface area contributed by atoms with Crippen molar-refractivity contribution in [2.75, 3.05) is 0 Å². The topological polar surface area (TPSA) is 0 Å². The highest BCUT2D eigenvalue weighted by Crippen LogP contribution is 2.29. The minimum Gasteiger partial charge on any atom is -0.172 e. The zero-order valence-electron chi connectivity index (χ0n) is 6.58. The first kappa shape index (κ1) is 12.8. The van der Waals surface area contributed by atoms with Crippen LogP contribution in [-0.4, -0.2) is 22.9 Å². The van der Waals surface area contributed by atoms with Crippen molar-refractivity contribution >= 4 is 67.2 Å². The second-order valence-corrected chi connectivity index (χ2v) is 20.3. The molecule has 0 aromatic rings. The Morgan fingerprint density at radius 1 is 1.00 bits per heavy atom. The molecule has 0 spiro atoms. The lowest BCUT2D eigenvalue weighted by Crippen LogP contribution is -2.28. The Morgan fingerprint density at radius 2 is 1.27 bits per heavy atom. The zero-order valence-corrected chi connectivity index (χ0v) is 12.9. The molecule has 7 heteroatoms. The molecule has 0 saturated carbocycles. The smallest absolute Gasteiger partial charge is 0.172 e. The van der Waals surface area contributed by atoms with E-state index in [0.29, 0.717) is 0 Å². The monoisotopic (exact) mass is 284 g/mol. The highest BCUT2D eigenvalue weighted by Gasteiger charge is 2.32. The summed E-state index contributed by atoms with van der Waals surface area (Å²) >= 11 is 24.1. The third-order valence-electron chi connectivity index (χ3n) is 1.16. The number of halogens is 4. The number of rotatable bonds is 4. The van der Waals surface area contributed by atoms with Crippen molar-refractivity contribution in [2.45, 2.75) is 24.4 Å².